The van der Waals surface area contributed by atoms with Crippen LogP contribution in [0.1, 0.15) is 197 Å². The quantitative estimate of drug-likeness (QED) is 0.0701. The highest BCUT2D eigenvalue weighted by Gasteiger charge is 2.27. The van der Waals surface area contributed by atoms with Crippen molar-refractivity contribution in [2.45, 2.75) is 155 Å². The number of rotatable bonds is 28. The van der Waals surface area contributed by atoms with Gasteiger partial charge in [-0.1, -0.05) is 142 Å². The zero-order chi connectivity index (χ0) is 32.4. The van der Waals surface area contributed by atoms with Crippen molar-refractivity contribution in [2.24, 2.45) is 0 Å². The lowest BCUT2D eigenvalue weighted by Crippen LogP contribution is -2.19. The van der Waals surface area contributed by atoms with Gasteiger partial charge in [-0.15, -0.1) is 0 Å². The minimum atomic E-state index is -1.46. The zero-order valence-corrected chi connectivity index (χ0v) is 27.5. The van der Waals surface area contributed by atoms with Gasteiger partial charge in [-0.05, 0) is 25.0 Å². The highest BCUT2D eigenvalue weighted by atomic mass is 16.5. The van der Waals surface area contributed by atoms with Gasteiger partial charge in [0.1, 0.15) is 0 Å². The van der Waals surface area contributed by atoms with Gasteiger partial charge in [-0.2, -0.15) is 0 Å². The summed E-state index contributed by atoms with van der Waals surface area (Å²) in [5, 5.41) is 19.4. The van der Waals surface area contributed by atoms with E-state index in [0.717, 1.165) is 50.7 Å². The largest absolute Gasteiger partial charge is 0.478 e. The molecule has 0 amide bonds. The molecule has 0 saturated heterocycles. The van der Waals surface area contributed by atoms with E-state index in [1.54, 1.807) is 0 Å². The fraction of sp³-hybridized carbons (Fsp3) is 0.722. The molecule has 0 spiro atoms. The third kappa shape index (κ3) is 17.4. The lowest BCUT2D eigenvalue weighted by atomic mass is 9.98. The number of hydrogen-bond acceptors (Lipinski definition) is 6. The number of aromatic carboxylic acids is 2. The number of benzene rings is 1. The van der Waals surface area contributed by atoms with Crippen molar-refractivity contribution in [3.8, 4) is 0 Å². The van der Waals surface area contributed by atoms with Crippen LogP contribution in [0, 0.1) is 0 Å². The molecule has 250 valence electrons. The Balaban J connectivity index is 2.49. The van der Waals surface area contributed by atoms with Gasteiger partial charge in [0.25, 0.3) is 0 Å². The van der Waals surface area contributed by atoms with Gasteiger partial charge in [0, 0.05) is 0 Å². The second-order valence-corrected chi connectivity index (χ2v) is 11.9. The number of carbonyl (C=O) groups is 4. The molecule has 0 aliphatic rings. The fourth-order valence-electron chi connectivity index (χ4n) is 5.31. The first-order chi connectivity index (χ1) is 21.3. The molecule has 0 aliphatic carbocycles. The average Bonchev–Trinajstić information content (AvgIpc) is 3.01. The number of carbonyl (C=O) groups excluding carboxylic acids is 2. The SMILES string of the molecule is CCCCCCCCCCCCCOC(=O)c1cc(C(=O)O)c(C(=O)OCCCCCCCCCCCCC)cc1C(=O)O. The summed E-state index contributed by atoms with van der Waals surface area (Å²) in [6, 6.07) is 1.82. The lowest BCUT2D eigenvalue weighted by molar-refractivity contribution is 0.0472. The van der Waals surface area contributed by atoms with Gasteiger partial charge in [-0.3, -0.25) is 0 Å². The third-order valence-electron chi connectivity index (χ3n) is 8.02. The topological polar surface area (TPSA) is 127 Å². The van der Waals surface area contributed by atoms with Gasteiger partial charge in [0.2, 0.25) is 0 Å². The van der Waals surface area contributed by atoms with Crippen LogP contribution in [0.25, 0.3) is 0 Å². The maximum absolute atomic E-state index is 12.7. The Hall–Kier alpha value is -2.90. The van der Waals surface area contributed by atoms with E-state index in [4.69, 9.17) is 9.47 Å². The van der Waals surface area contributed by atoms with Crippen LogP contribution in [0.5, 0.6) is 0 Å². The molecule has 0 aliphatic heterocycles. The normalized spacial score (nSPS) is 11.0. The molecule has 0 aromatic heterocycles. The first-order valence-corrected chi connectivity index (χ1v) is 17.3. The van der Waals surface area contributed by atoms with E-state index in [1.807, 2.05) is 0 Å². The van der Waals surface area contributed by atoms with E-state index in [2.05, 4.69) is 13.8 Å². The van der Waals surface area contributed by atoms with E-state index in [-0.39, 0.29) is 24.3 Å². The number of hydrogen-bond donors (Lipinski definition) is 2. The number of ether oxygens (including phenoxy) is 2. The molecule has 8 heteroatoms. The Labute approximate surface area is 265 Å². The highest BCUT2D eigenvalue weighted by molar-refractivity contribution is 6.09. The minimum absolute atomic E-state index is 0.111. The molecule has 0 unspecified atom stereocenters. The van der Waals surface area contributed by atoms with Gasteiger partial charge in [0.15, 0.2) is 0 Å². The number of carboxylic acid groups (broad SMARTS) is 2. The number of esters is 2. The molecule has 0 heterocycles. The van der Waals surface area contributed by atoms with Crippen LogP contribution in [0.2, 0.25) is 0 Å². The Morgan fingerprint density at radius 3 is 0.932 bits per heavy atom. The van der Waals surface area contributed by atoms with Crippen LogP contribution in [-0.4, -0.2) is 47.3 Å². The van der Waals surface area contributed by atoms with E-state index < -0.39 is 35.0 Å². The van der Waals surface area contributed by atoms with Crippen molar-refractivity contribution in [3.05, 3.63) is 34.4 Å². The maximum atomic E-state index is 12.7. The molecule has 0 radical (unpaired) electrons. The third-order valence-corrected chi connectivity index (χ3v) is 8.02. The average molecular weight is 619 g/mol. The van der Waals surface area contributed by atoms with Gasteiger partial charge < -0.3 is 19.7 Å². The highest BCUT2D eigenvalue weighted by Crippen LogP contribution is 2.21. The molecular weight excluding hydrogens is 560 g/mol. The Bertz CT molecular complexity index is 893. The molecule has 0 fully saturated rings. The predicted octanol–water partition coefficient (Wildman–Crippen LogP) is 10.0. The van der Waals surface area contributed by atoms with Crippen molar-refractivity contribution in [3.63, 3.8) is 0 Å². The zero-order valence-electron chi connectivity index (χ0n) is 27.5. The molecule has 8 nitrogen and oxygen atoms in total. The summed E-state index contributed by atoms with van der Waals surface area (Å²) in [4.78, 5) is 49.3. The summed E-state index contributed by atoms with van der Waals surface area (Å²) >= 11 is 0. The molecule has 2 N–H and O–H groups in total. The van der Waals surface area contributed by atoms with Crippen LogP contribution in [0.3, 0.4) is 0 Å². The van der Waals surface area contributed by atoms with Crippen LogP contribution >= 0.6 is 0 Å². The summed E-state index contributed by atoms with van der Waals surface area (Å²) in [5.74, 6) is -4.75. The summed E-state index contributed by atoms with van der Waals surface area (Å²) in [5.41, 5.74) is -1.75. The van der Waals surface area contributed by atoms with Crippen molar-refractivity contribution in [2.75, 3.05) is 13.2 Å². The summed E-state index contributed by atoms with van der Waals surface area (Å²) in [6.07, 6.45) is 25.1. The minimum Gasteiger partial charge on any atom is -0.478 e. The van der Waals surface area contributed by atoms with E-state index in [0.29, 0.717) is 12.8 Å². The molecular formula is C36H58O8. The molecule has 1 rings (SSSR count). The number of carboxylic acids is 2. The Kier molecular flexibility index (Phi) is 22.6. The molecule has 0 saturated carbocycles. The van der Waals surface area contributed by atoms with E-state index >= 15 is 0 Å². The summed E-state index contributed by atoms with van der Waals surface area (Å²) in [6.45, 7) is 4.65. The van der Waals surface area contributed by atoms with Crippen LogP contribution in [-0.2, 0) is 9.47 Å². The lowest BCUT2D eigenvalue weighted by Gasteiger charge is -2.12. The molecule has 44 heavy (non-hydrogen) atoms. The first kappa shape index (κ1) is 39.1. The first-order valence-electron chi connectivity index (χ1n) is 17.3. The summed E-state index contributed by atoms with van der Waals surface area (Å²) in [7, 11) is 0. The molecule has 1 aromatic rings. The van der Waals surface area contributed by atoms with Gasteiger partial charge in [0.05, 0.1) is 35.5 Å². The Morgan fingerprint density at radius 2 is 0.682 bits per heavy atom. The maximum Gasteiger partial charge on any atom is 0.339 e. The molecule has 1 aromatic carbocycles. The second kappa shape index (κ2) is 25.4. The van der Waals surface area contributed by atoms with Crippen molar-refractivity contribution >= 4 is 23.9 Å². The van der Waals surface area contributed by atoms with Gasteiger partial charge >= 0.3 is 23.9 Å². The predicted molar refractivity (Wildman–Crippen MR) is 174 cm³/mol. The summed E-state index contributed by atoms with van der Waals surface area (Å²) < 4.78 is 10.5. The molecule has 0 atom stereocenters. The van der Waals surface area contributed by atoms with Gasteiger partial charge in [-0.25, -0.2) is 19.2 Å². The number of unbranched alkanes of at least 4 members (excludes halogenated alkanes) is 20. The molecule has 0 bridgehead atoms. The van der Waals surface area contributed by atoms with E-state index in [1.165, 1.54) is 89.9 Å². The van der Waals surface area contributed by atoms with Crippen LogP contribution in [0.15, 0.2) is 12.1 Å². The smallest absolute Gasteiger partial charge is 0.339 e. The van der Waals surface area contributed by atoms with Crippen molar-refractivity contribution in [1.29, 1.82) is 0 Å². The van der Waals surface area contributed by atoms with Crippen molar-refractivity contribution < 1.29 is 38.9 Å². The Morgan fingerprint density at radius 1 is 0.432 bits per heavy atom. The van der Waals surface area contributed by atoms with Crippen molar-refractivity contribution in [1.82, 2.24) is 0 Å². The van der Waals surface area contributed by atoms with Crippen LogP contribution in [0.4, 0.5) is 0 Å². The van der Waals surface area contributed by atoms with E-state index in [9.17, 15) is 29.4 Å². The fourth-order valence-corrected chi connectivity index (χ4v) is 5.31. The second-order valence-electron chi connectivity index (χ2n) is 11.9. The monoisotopic (exact) mass is 618 g/mol. The van der Waals surface area contributed by atoms with Crippen LogP contribution < -0.4 is 0 Å². The standard InChI is InChI=1S/C36H58O8/c1-3-5-7-9-11-13-15-17-19-21-23-25-43-35(41)31-27-30(34(39)40)32(28-29(31)33(37)38)36(42)44-26-24-22-20-18-16-14-12-10-8-6-4-2/h27-28H,3-26H2,1-2H3,(H,37,38)(H,39,40).